The van der Waals surface area contributed by atoms with Crippen LogP contribution >= 0.6 is 0 Å². The van der Waals surface area contributed by atoms with Gasteiger partial charge < -0.3 is 10.6 Å². The fourth-order valence-corrected chi connectivity index (χ4v) is 1.36. The van der Waals surface area contributed by atoms with Crippen LogP contribution in [0.2, 0.25) is 0 Å². The van der Waals surface area contributed by atoms with Crippen molar-refractivity contribution < 1.29 is 18.4 Å². The number of hydrogen-bond acceptors (Lipinski definition) is 2. The molecule has 18 heavy (non-hydrogen) atoms. The lowest BCUT2D eigenvalue weighted by atomic mass is 10.2. The van der Waals surface area contributed by atoms with Crippen molar-refractivity contribution in [3.05, 3.63) is 35.4 Å². The monoisotopic (exact) mass is 256 g/mol. The average Bonchev–Trinajstić information content (AvgIpc) is 2.27. The van der Waals surface area contributed by atoms with Crippen LogP contribution < -0.4 is 10.6 Å². The molecule has 0 saturated carbocycles. The molecule has 2 amide bonds. The number of nitrogens with one attached hydrogen (secondary N) is 2. The van der Waals surface area contributed by atoms with Gasteiger partial charge >= 0.3 is 0 Å². The van der Waals surface area contributed by atoms with Crippen molar-refractivity contribution in [2.45, 2.75) is 19.9 Å². The molecule has 6 heteroatoms. The SMILES string of the molecule is CCNC(=O)C(C)NC(=O)c1cc(F)cc(F)c1. The molecule has 0 aromatic heterocycles. The third-order valence-electron chi connectivity index (χ3n) is 2.22. The molecule has 0 aliphatic heterocycles. The molecule has 0 saturated heterocycles. The largest absolute Gasteiger partial charge is 0.355 e. The summed E-state index contributed by atoms with van der Waals surface area (Å²) in [6.45, 7) is 3.67. The van der Waals surface area contributed by atoms with E-state index in [4.69, 9.17) is 0 Å². The van der Waals surface area contributed by atoms with Crippen LogP contribution in [0.5, 0.6) is 0 Å². The van der Waals surface area contributed by atoms with Crippen molar-refractivity contribution in [1.29, 1.82) is 0 Å². The second-order valence-electron chi connectivity index (χ2n) is 3.75. The van der Waals surface area contributed by atoms with Gasteiger partial charge in [0.2, 0.25) is 5.91 Å². The Bertz CT molecular complexity index is 443. The summed E-state index contributed by atoms with van der Waals surface area (Å²) in [5.74, 6) is -2.74. The summed E-state index contributed by atoms with van der Waals surface area (Å²) in [4.78, 5) is 23.0. The molecule has 2 N–H and O–H groups in total. The summed E-state index contributed by atoms with van der Waals surface area (Å²) >= 11 is 0. The van der Waals surface area contributed by atoms with Crippen molar-refractivity contribution in [1.82, 2.24) is 10.6 Å². The number of carbonyl (C=O) groups is 2. The molecule has 0 radical (unpaired) electrons. The molecule has 1 aromatic carbocycles. The lowest BCUT2D eigenvalue weighted by Gasteiger charge is -2.13. The van der Waals surface area contributed by atoms with Gasteiger partial charge in [0, 0.05) is 18.2 Å². The average molecular weight is 256 g/mol. The third kappa shape index (κ3) is 3.80. The molecule has 0 aliphatic carbocycles. The molecule has 98 valence electrons. The van der Waals surface area contributed by atoms with Gasteiger partial charge in [-0.3, -0.25) is 9.59 Å². The van der Waals surface area contributed by atoms with Crippen molar-refractivity contribution >= 4 is 11.8 Å². The lowest BCUT2D eigenvalue weighted by Crippen LogP contribution is -2.44. The predicted octanol–water partition coefficient (Wildman–Crippen LogP) is 1.22. The van der Waals surface area contributed by atoms with E-state index in [1.165, 1.54) is 6.92 Å². The first-order chi connectivity index (χ1) is 8.43. The van der Waals surface area contributed by atoms with E-state index in [2.05, 4.69) is 10.6 Å². The van der Waals surface area contributed by atoms with E-state index in [0.717, 1.165) is 12.1 Å². The molecule has 1 unspecified atom stereocenters. The van der Waals surface area contributed by atoms with Crippen LogP contribution in [-0.2, 0) is 4.79 Å². The van der Waals surface area contributed by atoms with E-state index < -0.39 is 23.6 Å². The van der Waals surface area contributed by atoms with E-state index in [9.17, 15) is 18.4 Å². The highest BCUT2D eigenvalue weighted by Gasteiger charge is 2.16. The number of carbonyl (C=O) groups excluding carboxylic acids is 2. The van der Waals surface area contributed by atoms with Crippen molar-refractivity contribution in [2.75, 3.05) is 6.54 Å². The molecule has 1 aromatic rings. The standard InChI is InChI=1S/C12H14F2N2O2/c1-3-15-11(17)7(2)16-12(18)8-4-9(13)6-10(14)5-8/h4-7H,3H2,1-2H3,(H,15,17)(H,16,18). The van der Waals surface area contributed by atoms with Gasteiger partial charge in [0.05, 0.1) is 0 Å². The zero-order valence-electron chi connectivity index (χ0n) is 10.1. The van der Waals surface area contributed by atoms with Crippen LogP contribution in [-0.4, -0.2) is 24.4 Å². The highest BCUT2D eigenvalue weighted by atomic mass is 19.1. The highest BCUT2D eigenvalue weighted by molar-refractivity contribution is 5.97. The fourth-order valence-electron chi connectivity index (χ4n) is 1.36. The number of benzene rings is 1. The number of rotatable bonds is 4. The van der Waals surface area contributed by atoms with E-state index >= 15 is 0 Å². The van der Waals surface area contributed by atoms with E-state index in [1.54, 1.807) is 6.92 Å². The Labute approximate surface area is 103 Å². The summed E-state index contributed by atoms with van der Waals surface area (Å²) in [5, 5.41) is 4.87. The maximum Gasteiger partial charge on any atom is 0.252 e. The smallest absolute Gasteiger partial charge is 0.252 e. The Morgan fingerprint density at radius 1 is 1.22 bits per heavy atom. The molecule has 0 fully saturated rings. The van der Waals surface area contributed by atoms with Crippen LogP contribution in [0, 0.1) is 11.6 Å². The maximum atomic E-state index is 12.9. The van der Waals surface area contributed by atoms with Crippen molar-refractivity contribution in [2.24, 2.45) is 0 Å². The molecule has 1 atom stereocenters. The Kier molecular flexibility index (Phi) is 4.76. The molecule has 0 heterocycles. The van der Waals surface area contributed by atoms with E-state index in [0.29, 0.717) is 12.6 Å². The summed E-state index contributed by atoms with van der Waals surface area (Å²) in [7, 11) is 0. The highest BCUT2D eigenvalue weighted by Crippen LogP contribution is 2.08. The van der Waals surface area contributed by atoms with Crippen LogP contribution in [0.3, 0.4) is 0 Å². The number of amides is 2. The zero-order chi connectivity index (χ0) is 13.7. The molecule has 1 rings (SSSR count). The maximum absolute atomic E-state index is 12.9. The van der Waals surface area contributed by atoms with Gasteiger partial charge in [0.15, 0.2) is 0 Å². The van der Waals surface area contributed by atoms with E-state index in [-0.39, 0.29) is 11.5 Å². The summed E-state index contributed by atoms with van der Waals surface area (Å²) in [5.41, 5.74) is -0.163. The van der Waals surface area contributed by atoms with Gasteiger partial charge in [-0.15, -0.1) is 0 Å². The predicted molar refractivity (Wildman–Crippen MR) is 62.0 cm³/mol. The fraction of sp³-hybridized carbons (Fsp3) is 0.333. The molecular weight excluding hydrogens is 242 g/mol. The van der Waals surface area contributed by atoms with Gasteiger partial charge in [0.1, 0.15) is 17.7 Å². The first-order valence-electron chi connectivity index (χ1n) is 5.48. The van der Waals surface area contributed by atoms with Gasteiger partial charge in [0.25, 0.3) is 5.91 Å². The minimum atomic E-state index is -0.842. The summed E-state index contributed by atoms with van der Waals surface area (Å²) in [6.07, 6.45) is 0. The van der Waals surface area contributed by atoms with Crippen LogP contribution in [0.1, 0.15) is 24.2 Å². The van der Waals surface area contributed by atoms with Crippen LogP contribution in [0.4, 0.5) is 8.78 Å². The van der Waals surface area contributed by atoms with E-state index in [1.807, 2.05) is 0 Å². The number of hydrogen-bond donors (Lipinski definition) is 2. The lowest BCUT2D eigenvalue weighted by molar-refractivity contribution is -0.122. The van der Waals surface area contributed by atoms with Gasteiger partial charge in [-0.05, 0) is 26.0 Å². The third-order valence-corrected chi connectivity index (χ3v) is 2.22. The number of halogens is 2. The van der Waals surface area contributed by atoms with Gasteiger partial charge in [-0.2, -0.15) is 0 Å². The first kappa shape index (κ1) is 14.1. The van der Waals surface area contributed by atoms with Gasteiger partial charge in [-0.25, -0.2) is 8.78 Å². The molecule has 4 nitrogen and oxygen atoms in total. The Morgan fingerprint density at radius 2 is 1.78 bits per heavy atom. The second-order valence-corrected chi connectivity index (χ2v) is 3.75. The number of likely N-dealkylation sites (N-methyl/N-ethyl adjacent to an activating group) is 1. The molecule has 0 aliphatic rings. The molecule has 0 spiro atoms. The quantitative estimate of drug-likeness (QED) is 0.851. The first-order valence-corrected chi connectivity index (χ1v) is 5.48. The van der Waals surface area contributed by atoms with Crippen molar-refractivity contribution in [3.8, 4) is 0 Å². The molecular formula is C12H14F2N2O2. The van der Waals surface area contributed by atoms with Gasteiger partial charge in [-0.1, -0.05) is 0 Å². The van der Waals surface area contributed by atoms with Crippen LogP contribution in [0.15, 0.2) is 18.2 Å². The topological polar surface area (TPSA) is 58.2 Å². The Hall–Kier alpha value is -1.98. The summed E-state index contributed by atoms with van der Waals surface area (Å²) in [6, 6.07) is 1.71. The normalized spacial score (nSPS) is 11.8. The Balaban J connectivity index is 2.73. The summed E-state index contributed by atoms with van der Waals surface area (Å²) < 4.78 is 25.8. The minimum Gasteiger partial charge on any atom is -0.355 e. The second kappa shape index (κ2) is 6.09. The Morgan fingerprint density at radius 3 is 2.28 bits per heavy atom. The minimum absolute atomic E-state index is 0.163. The zero-order valence-corrected chi connectivity index (χ0v) is 10.1. The van der Waals surface area contributed by atoms with Crippen molar-refractivity contribution in [3.63, 3.8) is 0 Å². The molecule has 0 bridgehead atoms. The van der Waals surface area contributed by atoms with Crippen LogP contribution in [0.25, 0.3) is 0 Å².